The van der Waals surface area contributed by atoms with Crippen molar-refractivity contribution >= 4 is 23.4 Å². The molecule has 31 heavy (non-hydrogen) atoms. The number of methoxy groups -OCH3 is 1. The van der Waals surface area contributed by atoms with Gasteiger partial charge in [-0.15, -0.1) is 0 Å². The van der Waals surface area contributed by atoms with Crippen molar-refractivity contribution in [2.24, 2.45) is 0 Å². The topological polar surface area (TPSA) is 79.7 Å². The molecule has 2 aromatic rings. The van der Waals surface area contributed by atoms with Crippen LogP contribution in [-0.4, -0.2) is 65.9 Å². The molecule has 1 unspecified atom stereocenters. The first-order chi connectivity index (χ1) is 15.0. The molecule has 1 aliphatic heterocycles. The molecule has 0 radical (unpaired) electrons. The van der Waals surface area contributed by atoms with E-state index in [0.29, 0.717) is 18.2 Å². The molecule has 1 amide bonds. The highest BCUT2D eigenvalue weighted by atomic mass is 16.5. The summed E-state index contributed by atoms with van der Waals surface area (Å²) < 4.78 is 6.74. The smallest absolute Gasteiger partial charge is 0.337 e. The highest BCUT2D eigenvalue weighted by Crippen LogP contribution is 2.31. The second kappa shape index (κ2) is 9.51. The van der Waals surface area contributed by atoms with E-state index in [2.05, 4.69) is 27.1 Å². The van der Waals surface area contributed by atoms with Gasteiger partial charge in [-0.05, 0) is 44.0 Å². The number of carbonyl (C=O) groups is 2. The van der Waals surface area contributed by atoms with Crippen molar-refractivity contribution < 1.29 is 14.3 Å². The van der Waals surface area contributed by atoms with Crippen molar-refractivity contribution in [3.05, 3.63) is 42.1 Å². The lowest BCUT2D eigenvalue weighted by Gasteiger charge is -2.40. The maximum Gasteiger partial charge on any atom is 0.337 e. The summed E-state index contributed by atoms with van der Waals surface area (Å²) in [7, 11) is 1.38. The summed E-state index contributed by atoms with van der Waals surface area (Å²) in [5, 5.41) is 7.49. The van der Waals surface area contributed by atoms with Crippen molar-refractivity contribution in [1.29, 1.82) is 0 Å². The number of aromatic nitrogens is 2. The van der Waals surface area contributed by atoms with Gasteiger partial charge >= 0.3 is 5.97 Å². The molecule has 8 heteroatoms. The molecule has 166 valence electrons. The Kier molecular flexibility index (Phi) is 6.56. The van der Waals surface area contributed by atoms with E-state index < -0.39 is 0 Å². The molecule has 1 saturated heterocycles. The number of anilines is 2. The maximum atomic E-state index is 12.7. The largest absolute Gasteiger partial charge is 0.465 e. The highest BCUT2D eigenvalue weighted by molar-refractivity contribution is 5.91. The minimum Gasteiger partial charge on any atom is -0.465 e. The van der Waals surface area contributed by atoms with Crippen LogP contribution in [0.3, 0.4) is 0 Å². The van der Waals surface area contributed by atoms with Gasteiger partial charge in [-0.2, -0.15) is 5.10 Å². The fourth-order valence-corrected chi connectivity index (χ4v) is 4.61. The maximum absolute atomic E-state index is 12.7. The van der Waals surface area contributed by atoms with Gasteiger partial charge in [-0.1, -0.05) is 12.8 Å². The van der Waals surface area contributed by atoms with E-state index in [0.717, 1.165) is 44.0 Å². The van der Waals surface area contributed by atoms with Crippen molar-refractivity contribution in [3.8, 4) is 0 Å². The Hall–Kier alpha value is -2.87. The van der Waals surface area contributed by atoms with E-state index in [1.165, 1.54) is 20.0 Å². The molecule has 8 nitrogen and oxygen atoms in total. The third-order valence-corrected chi connectivity index (χ3v) is 6.37. The minimum absolute atomic E-state index is 0.00229. The van der Waals surface area contributed by atoms with Crippen molar-refractivity contribution in [3.63, 3.8) is 0 Å². The molecular formula is C23H31N5O3. The second-order valence-corrected chi connectivity index (χ2v) is 8.45. The Labute approximate surface area is 183 Å². The Morgan fingerprint density at radius 2 is 1.87 bits per heavy atom. The Morgan fingerprint density at radius 3 is 2.55 bits per heavy atom. The Bertz CT molecular complexity index is 904. The molecule has 1 aliphatic carbocycles. The van der Waals surface area contributed by atoms with E-state index in [1.807, 2.05) is 22.9 Å². The van der Waals surface area contributed by atoms with E-state index in [4.69, 9.17) is 4.74 Å². The third kappa shape index (κ3) is 4.90. The van der Waals surface area contributed by atoms with Crippen LogP contribution < -0.4 is 10.2 Å². The number of nitrogens with zero attached hydrogens (tertiary/aromatic N) is 4. The third-order valence-electron chi connectivity index (χ3n) is 6.37. The number of benzene rings is 1. The summed E-state index contributed by atoms with van der Waals surface area (Å²) in [6, 6.07) is 10.0. The summed E-state index contributed by atoms with van der Waals surface area (Å²) >= 11 is 0. The van der Waals surface area contributed by atoms with Crippen molar-refractivity contribution in [1.82, 2.24) is 14.7 Å². The molecule has 1 aromatic carbocycles. The summed E-state index contributed by atoms with van der Waals surface area (Å²) in [5.41, 5.74) is 1.62. The van der Waals surface area contributed by atoms with E-state index >= 15 is 0 Å². The summed E-state index contributed by atoms with van der Waals surface area (Å²) in [5.74, 6) is 0.474. The predicted octanol–water partition coefficient (Wildman–Crippen LogP) is 2.93. The summed E-state index contributed by atoms with van der Waals surface area (Å²) in [4.78, 5) is 28.8. The average Bonchev–Trinajstić information content (AvgIpc) is 3.46. The number of hydrogen-bond donors (Lipinski definition) is 1. The quantitative estimate of drug-likeness (QED) is 0.717. The fraction of sp³-hybridized carbons (Fsp3) is 0.522. The predicted molar refractivity (Wildman–Crippen MR) is 119 cm³/mol. The van der Waals surface area contributed by atoms with Gasteiger partial charge in [0.1, 0.15) is 5.82 Å². The van der Waals surface area contributed by atoms with Crippen LogP contribution in [0.15, 0.2) is 36.5 Å². The number of carbonyl (C=O) groups excluding carboxylic acids is 2. The number of ether oxygens (including phenoxy) is 1. The van der Waals surface area contributed by atoms with Gasteiger partial charge in [-0.3, -0.25) is 9.69 Å². The molecule has 2 aliphatic rings. The van der Waals surface area contributed by atoms with Crippen LogP contribution in [0.25, 0.3) is 0 Å². The zero-order valence-corrected chi connectivity index (χ0v) is 18.3. The molecular weight excluding hydrogens is 394 g/mol. The molecule has 1 N–H and O–H groups in total. The molecule has 0 spiro atoms. The first-order valence-corrected chi connectivity index (χ1v) is 11.1. The van der Waals surface area contributed by atoms with Gasteiger partial charge < -0.3 is 15.0 Å². The Balaban J connectivity index is 1.31. The van der Waals surface area contributed by atoms with E-state index in [1.54, 1.807) is 18.3 Å². The van der Waals surface area contributed by atoms with E-state index in [9.17, 15) is 9.59 Å². The fourth-order valence-electron chi connectivity index (χ4n) is 4.61. The zero-order valence-electron chi connectivity index (χ0n) is 18.3. The van der Waals surface area contributed by atoms with Gasteiger partial charge in [-0.25, -0.2) is 9.48 Å². The summed E-state index contributed by atoms with van der Waals surface area (Å²) in [6.07, 6.45) is 6.48. The van der Waals surface area contributed by atoms with Crippen LogP contribution in [-0.2, 0) is 9.53 Å². The van der Waals surface area contributed by atoms with Gasteiger partial charge in [0, 0.05) is 37.4 Å². The SMILES string of the molecule is COC(=O)c1ccc(N2CCN(CC(=O)Nc3ccnn3C3CCCC3)C(C)C2)cc1. The molecule has 2 fully saturated rings. The number of amides is 1. The molecule has 1 aromatic heterocycles. The zero-order chi connectivity index (χ0) is 21.8. The molecule has 0 bridgehead atoms. The first-order valence-electron chi connectivity index (χ1n) is 11.1. The number of nitrogens with one attached hydrogen (secondary N) is 1. The normalized spacial score (nSPS) is 20.1. The Morgan fingerprint density at radius 1 is 1.13 bits per heavy atom. The number of esters is 1. The molecule has 1 saturated carbocycles. The van der Waals surface area contributed by atoms with Gasteiger partial charge in [0.25, 0.3) is 0 Å². The molecule has 2 heterocycles. The second-order valence-electron chi connectivity index (χ2n) is 8.45. The first kappa shape index (κ1) is 21.4. The number of hydrogen-bond acceptors (Lipinski definition) is 6. The van der Waals surface area contributed by atoms with Crippen LogP contribution in [0.1, 0.15) is 49.0 Å². The lowest BCUT2D eigenvalue weighted by Crippen LogP contribution is -2.53. The van der Waals surface area contributed by atoms with Crippen molar-refractivity contribution in [2.75, 3.05) is 43.5 Å². The lowest BCUT2D eigenvalue weighted by molar-refractivity contribution is -0.118. The average molecular weight is 426 g/mol. The van der Waals surface area contributed by atoms with Crippen molar-refractivity contribution in [2.45, 2.75) is 44.7 Å². The molecule has 4 rings (SSSR count). The standard InChI is InChI=1S/C23H31N5O3/c1-17-15-27(19-9-7-18(8-10-19)23(30)31-2)14-13-26(17)16-22(29)25-21-11-12-24-28(21)20-5-3-4-6-20/h7-12,17,20H,3-6,13-16H2,1-2H3,(H,25,29). The molecule has 1 atom stereocenters. The lowest BCUT2D eigenvalue weighted by atomic mass is 10.1. The highest BCUT2D eigenvalue weighted by Gasteiger charge is 2.26. The van der Waals surface area contributed by atoms with E-state index in [-0.39, 0.29) is 17.9 Å². The summed E-state index contributed by atoms with van der Waals surface area (Å²) in [6.45, 7) is 4.96. The number of piperazine rings is 1. The monoisotopic (exact) mass is 425 g/mol. The van der Waals surface area contributed by atoms with Crippen LogP contribution >= 0.6 is 0 Å². The van der Waals surface area contributed by atoms with Crippen LogP contribution in [0.5, 0.6) is 0 Å². The van der Waals surface area contributed by atoms with Gasteiger partial charge in [0.2, 0.25) is 5.91 Å². The van der Waals surface area contributed by atoms with Gasteiger partial charge in [0.15, 0.2) is 0 Å². The van der Waals surface area contributed by atoms with Crippen LogP contribution in [0, 0.1) is 0 Å². The van der Waals surface area contributed by atoms with Crippen LogP contribution in [0.4, 0.5) is 11.5 Å². The van der Waals surface area contributed by atoms with Gasteiger partial charge in [0.05, 0.1) is 31.5 Å². The minimum atomic E-state index is -0.329. The van der Waals surface area contributed by atoms with Crippen LogP contribution in [0.2, 0.25) is 0 Å². The number of rotatable bonds is 6.